The van der Waals surface area contributed by atoms with Gasteiger partial charge in [0.1, 0.15) is 12.4 Å². The van der Waals surface area contributed by atoms with Gasteiger partial charge in [-0.15, -0.1) is 16.8 Å². The van der Waals surface area contributed by atoms with Crippen LogP contribution in [-0.2, 0) is 4.79 Å². The molecule has 8 heteroatoms. The van der Waals surface area contributed by atoms with Gasteiger partial charge in [-0.2, -0.15) is 0 Å². The first-order valence-corrected chi connectivity index (χ1v) is 9.26. The number of nitrogens with zero attached hydrogens (tertiary/aromatic N) is 2. The van der Waals surface area contributed by atoms with E-state index in [9.17, 15) is 4.79 Å². The van der Waals surface area contributed by atoms with Gasteiger partial charge in [-0.3, -0.25) is 10.1 Å². The minimum Gasteiger partial charge on any atom is -0.488 e. The number of hydrogen-bond acceptors (Lipinski definition) is 6. The summed E-state index contributed by atoms with van der Waals surface area (Å²) in [6.07, 6.45) is 3.62. The molecule has 2 aromatic rings. The fraction of sp³-hybridized carbons (Fsp3) is 0.133. The Labute approximate surface area is 150 Å². The molecule has 2 heterocycles. The van der Waals surface area contributed by atoms with Crippen molar-refractivity contribution in [3.05, 3.63) is 46.5 Å². The molecule has 5 nitrogen and oxygen atoms in total. The highest BCUT2D eigenvalue weighted by Crippen LogP contribution is 2.30. The van der Waals surface area contributed by atoms with E-state index in [2.05, 4.69) is 38.0 Å². The molecule has 1 aromatic heterocycles. The summed E-state index contributed by atoms with van der Waals surface area (Å²) in [5.41, 5.74) is 1.42. The lowest BCUT2D eigenvalue weighted by Gasteiger charge is -2.17. The molecule has 0 bridgehead atoms. The van der Waals surface area contributed by atoms with Crippen LogP contribution in [0, 0.1) is 0 Å². The monoisotopic (exact) mass is 409 g/mol. The van der Waals surface area contributed by atoms with Gasteiger partial charge in [-0.1, -0.05) is 45.1 Å². The Kier molecular flexibility index (Phi) is 5.14. The molecule has 0 radical (unpaired) electrons. The number of anilines is 1. The third-order valence-electron chi connectivity index (χ3n) is 2.93. The quantitative estimate of drug-likeness (QED) is 0.459. The van der Waals surface area contributed by atoms with Gasteiger partial charge in [0.15, 0.2) is 4.34 Å². The van der Waals surface area contributed by atoms with Gasteiger partial charge in [0.2, 0.25) is 5.13 Å². The van der Waals surface area contributed by atoms with E-state index in [-0.39, 0.29) is 12.5 Å². The van der Waals surface area contributed by atoms with Crippen molar-refractivity contribution in [1.82, 2.24) is 10.2 Å². The van der Waals surface area contributed by atoms with Crippen LogP contribution in [-0.4, -0.2) is 28.5 Å². The lowest BCUT2D eigenvalue weighted by Crippen LogP contribution is -2.21. The van der Waals surface area contributed by atoms with Crippen molar-refractivity contribution in [2.45, 2.75) is 4.34 Å². The third-order valence-corrected chi connectivity index (χ3v) is 5.39. The predicted octanol–water partition coefficient (Wildman–Crippen LogP) is 3.99. The first-order chi connectivity index (χ1) is 11.2. The van der Waals surface area contributed by atoms with Crippen LogP contribution < -0.4 is 10.1 Å². The molecule has 1 aromatic carbocycles. The molecule has 0 fully saturated rings. The van der Waals surface area contributed by atoms with E-state index in [0.717, 1.165) is 25.9 Å². The topological polar surface area (TPSA) is 64.1 Å². The van der Waals surface area contributed by atoms with Crippen molar-refractivity contribution in [1.29, 1.82) is 0 Å². The van der Waals surface area contributed by atoms with E-state index < -0.39 is 0 Å². The Hall–Kier alpha value is -1.64. The van der Waals surface area contributed by atoms with Gasteiger partial charge in [-0.05, 0) is 24.3 Å². The number of nitrogens with one attached hydrogen (secondary N) is 1. The first kappa shape index (κ1) is 16.2. The zero-order valence-corrected chi connectivity index (χ0v) is 15.1. The van der Waals surface area contributed by atoms with Crippen molar-refractivity contribution >= 4 is 56.1 Å². The summed E-state index contributed by atoms with van der Waals surface area (Å²) in [5, 5.41) is 11.2. The van der Waals surface area contributed by atoms with E-state index in [1.54, 1.807) is 6.08 Å². The molecule has 118 valence electrons. The minimum atomic E-state index is -0.230. The Bertz CT molecular complexity index is 789. The molecule has 3 rings (SSSR count). The number of ether oxygens (including phenoxy) is 1. The second kappa shape index (κ2) is 7.29. The maximum Gasteiger partial charge on any atom is 0.256 e. The van der Waals surface area contributed by atoms with Crippen molar-refractivity contribution in [2.24, 2.45) is 0 Å². The Morgan fingerprint density at radius 3 is 3.22 bits per heavy atom. The second-order valence-corrected chi connectivity index (χ2v) is 7.73. The fourth-order valence-corrected chi connectivity index (χ4v) is 3.79. The van der Waals surface area contributed by atoms with E-state index in [1.807, 2.05) is 24.3 Å². The van der Waals surface area contributed by atoms with E-state index >= 15 is 0 Å². The fourth-order valence-electron chi connectivity index (χ4n) is 1.91. The number of carbonyl (C=O) groups excluding carboxylic acids is 1. The molecule has 0 unspecified atom stereocenters. The Morgan fingerprint density at radius 2 is 2.39 bits per heavy atom. The van der Waals surface area contributed by atoms with Gasteiger partial charge >= 0.3 is 0 Å². The van der Waals surface area contributed by atoms with E-state index in [1.165, 1.54) is 23.1 Å². The molecule has 0 atom stereocenters. The SMILES string of the molecule is C=CCSc1nnc(NC(=O)C2=Cc3cc(Br)ccc3OC2)s1. The highest BCUT2D eigenvalue weighted by atomic mass is 79.9. The van der Waals surface area contributed by atoms with Crippen LogP contribution in [0.4, 0.5) is 5.13 Å². The average molecular weight is 410 g/mol. The van der Waals surface area contributed by atoms with Gasteiger partial charge in [0.05, 0.1) is 5.57 Å². The van der Waals surface area contributed by atoms with Gasteiger partial charge in [-0.25, -0.2) is 0 Å². The Balaban J connectivity index is 1.71. The molecule has 23 heavy (non-hydrogen) atoms. The van der Waals surface area contributed by atoms with Crippen molar-refractivity contribution in [3.8, 4) is 5.75 Å². The van der Waals surface area contributed by atoms with Gasteiger partial charge < -0.3 is 4.74 Å². The average Bonchev–Trinajstić information content (AvgIpc) is 2.99. The summed E-state index contributed by atoms with van der Waals surface area (Å²) < 4.78 is 7.34. The maximum absolute atomic E-state index is 12.3. The van der Waals surface area contributed by atoms with E-state index in [0.29, 0.717) is 10.7 Å². The molecular weight excluding hydrogens is 398 g/mol. The molecule has 0 saturated carbocycles. The zero-order chi connectivity index (χ0) is 16.2. The molecule has 1 N–H and O–H groups in total. The summed E-state index contributed by atoms with van der Waals surface area (Å²) in [5.74, 6) is 1.29. The molecular formula is C15H12BrN3O2S2. The zero-order valence-electron chi connectivity index (χ0n) is 11.9. The third kappa shape index (κ3) is 4.01. The van der Waals surface area contributed by atoms with Crippen molar-refractivity contribution in [3.63, 3.8) is 0 Å². The van der Waals surface area contributed by atoms with Crippen LogP contribution in [0.5, 0.6) is 5.75 Å². The number of rotatable bonds is 5. The lowest BCUT2D eigenvalue weighted by molar-refractivity contribution is -0.113. The number of amides is 1. The molecule has 0 spiro atoms. The summed E-state index contributed by atoms with van der Waals surface area (Å²) >= 11 is 6.28. The van der Waals surface area contributed by atoms with Crippen LogP contribution in [0.2, 0.25) is 0 Å². The Morgan fingerprint density at radius 1 is 1.52 bits per heavy atom. The predicted molar refractivity (Wildman–Crippen MR) is 97.1 cm³/mol. The standard InChI is InChI=1S/C15H12BrN3O2S2/c1-2-5-22-15-19-18-14(23-15)17-13(20)10-6-9-7-11(16)3-4-12(9)21-8-10/h2-4,6-7H,1,5,8H2,(H,17,18,20). The summed E-state index contributed by atoms with van der Waals surface area (Å²) in [7, 11) is 0. The van der Waals surface area contributed by atoms with Crippen molar-refractivity contribution < 1.29 is 9.53 Å². The number of thioether (sulfide) groups is 1. The maximum atomic E-state index is 12.3. The van der Waals surface area contributed by atoms with Gasteiger partial charge in [0.25, 0.3) is 5.91 Å². The van der Waals surface area contributed by atoms with E-state index in [4.69, 9.17) is 4.74 Å². The molecule has 1 aliphatic rings. The van der Waals surface area contributed by atoms with Crippen molar-refractivity contribution in [2.75, 3.05) is 17.7 Å². The number of aromatic nitrogens is 2. The summed E-state index contributed by atoms with van der Waals surface area (Å²) in [6, 6.07) is 5.69. The van der Waals surface area contributed by atoms with Crippen LogP contribution in [0.1, 0.15) is 5.56 Å². The number of hydrogen-bond donors (Lipinski definition) is 1. The molecule has 0 saturated heterocycles. The smallest absolute Gasteiger partial charge is 0.256 e. The summed E-state index contributed by atoms with van der Waals surface area (Å²) in [6.45, 7) is 3.89. The number of carbonyl (C=O) groups is 1. The van der Waals surface area contributed by atoms with Crippen LogP contribution in [0.3, 0.4) is 0 Å². The van der Waals surface area contributed by atoms with Crippen LogP contribution in [0.15, 0.2) is 45.2 Å². The number of benzene rings is 1. The highest BCUT2D eigenvalue weighted by molar-refractivity contribution is 9.10. The normalized spacial score (nSPS) is 12.8. The largest absolute Gasteiger partial charge is 0.488 e. The lowest BCUT2D eigenvalue weighted by atomic mass is 10.1. The van der Waals surface area contributed by atoms with Crippen LogP contribution in [0.25, 0.3) is 6.08 Å². The first-order valence-electron chi connectivity index (χ1n) is 6.67. The highest BCUT2D eigenvalue weighted by Gasteiger charge is 2.18. The number of fused-ring (bicyclic) bond motifs is 1. The minimum absolute atomic E-state index is 0.230. The molecule has 1 aliphatic heterocycles. The molecule has 1 amide bonds. The summed E-state index contributed by atoms with van der Waals surface area (Å²) in [4.78, 5) is 12.3. The molecule has 0 aliphatic carbocycles. The number of halogens is 1. The second-order valence-electron chi connectivity index (χ2n) is 4.57. The van der Waals surface area contributed by atoms with Crippen LogP contribution >= 0.6 is 39.0 Å². The van der Waals surface area contributed by atoms with Gasteiger partial charge in [0, 0.05) is 15.8 Å².